The normalized spacial score (nSPS) is 11.9. The lowest BCUT2D eigenvalue weighted by molar-refractivity contribution is -0.139. The molecule has 6 rings (SSSR count). The van der Waals surface area contributed by atoms with Crippen LogP contribution in [-0.4, -0.2) is 52.3 Å². The van der Waals surface area contributed by atoms with Crippen molar-refractivity contribution in [2.45, 2.75) is 25.5 Å². The zero-order valence-corrected chi connectivity index (χ0v) is 27.5. The number of pyridine rings is 1. The summed E-state index contributed by atoms with van der Waals surface area (Å²) in [6, 6.07) is 22.7. The molecule has 1 amide bonds. The topological polar surface area (TPSA) is 134 Å². The molecule has 11 heteroatoms. The number of H-pyrrole nitrogens is 1. The van der Waals surface area contributed by atoms with E-state index in [4.69, 9.17) is 32.7 Å². The minimum atomic E-state index is -1.32. The van der Waals surface area contributed by atoms with Crippen molar-refractivity contribution in [2.75, 3.05) is 14.2 Å². The third-order valence-corrected chi connectivity index (χ3v) is 8.93. The van der Waals surface area contributed by atoms with Crippen LogP contribution in [0.3, 0.4) is 0 Å². The largest absolute Gasteiger partial charge is 0.496 e. The number of halogens is 2. The molecule has 6 aromatic rings. The van der Waals surface area contributed by atoms with Gasteiger partial charge in [-0.05, 0) is 47.0 Å². The molecule has 4 aromatic carbocycles. The molecular formula is C37H31Cl2N3O6. The van der Waals surface area contributed by atoms with Crippen molar-refractivity contribution in [1.29, 1.82) is 0 Å². The van der Waals surface area contributed by atoms with Gasteiger partial charge in [-0.2, -0.15) is 0 Å². The fraction of sp³-hybridized carbons (Fsp3) is 0.162. The number of nitrogens with one attached hydrogen (secondary N) is 2. The van der Waals surface area contributed by atoms with E-state index in [-0.39, 0.29) is 28.6 Å². The number of methoxy groups -OCH3 is 2. The Kier molecular flexibility index (Phi) is 9.54. The average molecular weight is 685 g/mol. The fourth-order valence-corrected chi connectivity index (χ4v) is 6.65. The minimum absolute atomic E-state index is 0.00488. The second-order valence-corrected chi connectivity index (χ2v) is 12.0. The zero-order chi connectivity index (χ0) is 33.9. The predicted octanol–water partition coefficient (Wildman–Crippen LogP) is 7.22. The van der Waals surface area contributed by atoms with Gasteiger partial charge in [-0.15, -0.1) is 0 Å². The number of ether oxygens (including phenoxy) is 2. The first-order valence-electron chi connectivity index (χ1n) is 15.0. The van der Waals surface area contributed by atoms with Crippen LogP contribution in [0.1, 0.15) is 32.7 Å². The molecular weight excluding hydrogens is 653 g/mol. The first-order chi connectivity index (χ1) is 23.2. The Labute approximate surface area is 286 Å². The molecule has 0 fully saturated rings. The number of aromatic nitrogens is 2. The molecule has 2 aromatic heterocycles. The van der Waals surface area contributed by atoms with E-state index in [9.17, 15) is 19.8 Å². The van der Waals surface area contributed by atoms with Crippen LogP contribution in [0, 0.1) is 0 Å². The van der Waals surface area contributed by atoms with Crippen molar-refractivity contribution in [3.8, 4) is 22.6 Å². The van der Waals surface area contributed by atoms with Gasteiger partial charge in [-0.25, -0.2) is 4.79 Å². The Hall–Kier alpha value is -5.09. The van der Waals surface area contributed by atoms with Gasteiger partial charge in [0.15, 0.2) is 0 Å². The molecule has 2 heterocycles. The number of benzene rings is 4. The van der Waals surface area contributed by atoms with E-state index in [1.54, 1.807) is 36.5 Å². The number of rotatable bonds is 11. The Morgan fingerprint density at radius 1 is 0.917 bits per heavy atom. The lowest BCUT2D eigenvalue weighted by atomic mass is 9.93. The lowest BCUT2D eigenvalue weighted by Crippen LogP contribution is -2.42. The number of carboxylic acids is 1. The third kappa shape index (κ3) is 6.40. The Morgan fingerprint density at radius 2 is 1.65 bits per heavy atom. The van der Waals surface area contributed by atoms with Crippen molar-refractivity contribution in [3.05, 3.63) is 123 Å². The van der Waals surface area contributed by atoms with Crippen LogP contribution in [0.2, 0.25) is 10.0 Å². The smallest absolute Gasteiger partial charge is 0.326 e. The number of aliphatic carboxylic acids is 1. The number of nitrogens with zero attached hydrogens (tertiary/aromatic N) is 1. The number of carbonyl (C=O) groups is 2. The van der Waals surface area contributed by atoms with Gasteiger partial charge in [0.2, 0.25) is 0 Å². The van der Waals surface area contributed by atoms with Crippen LogP contribution in [0.4, 0.5) is 0 Å². The van der Waals surface area contributed by atoms with E-state index in [0.29, 0.717) is 62.0 Å². The molecule has 0 aliphatic rings. The number of aliphatic hydroxyl groups is 1. The third-order valence-electron chi connectivity index (χ3n) is 8.24. The summed E-state index contributed by atoms with van der Waals surface area (Å²) in [7, 11) is 3.05. The second-order valence-electron chi connectivity index (χ2n) is 11.2. The van der Waals surface area contributed by atoms with Crippen molar-refractivity contribution in [2.24, 2.45) is 0 Å². The molecule has 0 spiro atoms. The summed E-state index contributed by atoms with van der Waals surface area (Å²) in [6.45, 7) is -0.196. The molecule has 0 saturated carbocycles. The number of aromatic amines is 1. The highest BCUT2D eigenvalue weighted by atomic mass is 35.5. The number of carboxylic acid groups (broad SMARTS) is 1. The number of aliphatic hydroxyl groups excluding tert-OH is 1. The van der Waals surface area contributed by atoms with E-state index in [1.807, 2.05) is 48.5 Å². The Bertz CT molecular complexity index is 2140. The van der Waals surface area contributed by atoms with Crippen LogP contribution in [0.15, 0.2) is 85.1 Å². The van der Waals surface area contributed by atoms with Crippen molar-refractivity contribution in [3.63, 3.8) is 0 Å². The summed E-state index contributed by atoms with van der Waals surface area (Å²) in [4.78, 5) is 34.1. The van der Waals surface area contributed by atoms with Crippen molar-refractivity contribution < 1.29 is 29.3 Å². The van der Waals surface area contributed by atoms with Crippen LogP contribution in [0.25, 0.3) is 32.9 Å². The van der Waals surface area contributed by atoms with Gasteiger partial charge >= 0.3 is 5.97 Å². The van der Waals surface area contributed by atoms with Gasteiger partial charge in [0.25, 0.3) is 5.91 Å². The van der Waals surface area contributed by atoms with Gasteiger partial charge < -0.3 is 30.0 Å². The van der Waals surface area contributed by atoms with Crippen LogP contribution < -0.4 is 14.8 Å². The highest BCUT2D eigenvalue weighted by Crippen LogP contribution is 2.43. The highest BCUT2D eigenvalue weighted by Gasteiger charge is 2.27. The average Bonchev–Trinajstić information content (AvgIpc) is 3.50. The van der Waals surface area contributed by atoms with E-state index in [2.05, 4.69) is 15.3 Å². The molecule has 48 heavy (non-hydrogen) atoms. The summed E-state index contributed by atoms with van der Waals surface area (Å²) in [6.07, 6.45) is 2.21. The SMILES string of the molecule is COc1cc(CO)cc(OC)c1-c1ccc(C[C@H](NC(=O)c2c(Cl)cc3[nH]c(Cc4ccccc4)cc3c2Cl)C(=O)O)c2cccnc12. The maximum atomic E-state index is 13.6. The standard InChI is InChI=1S/C37H31Cl2N3O6/c1-47-30-14-21(19-43)15-31(48-2)32(30)25-11-10-22(24-9-6-12-40-35(24)25)16-29(37(45)46)42-36(44)33-27(38)18-28-26(34(33)39)17-23(41-28)13-20-7-4-3-5-8-20/h3-12,14-15,17-18,29,41,43H,13,16,19H2,1-2H3,(H,42,44)(H,45,46)/t29-/m0/s1. The first-order valence-corrected chi connectivity index (χ1v) is 15.8. The number of amides is 1. The quantitative estimate of drug-likeness (QED) is 0.113. The van der Waals surface area contributed by atoms with Crippen LogP contribution in [-0.2, 0) is 24.2 Å². The summed E-state index contributed by atoms with van der Waals surface area (Å²) in [5.41, 5.74) is 5.80. The van der Waals surface area contributed by atoms with E-state index >= 15 is 0 Å². The second kappa shape index (κ2) is 13.9. The van der Waals surface area contributed by atoms with Crippen molar-refractivity contribution in [1.82, 2.24) is 15.3 Å². The maximum Gasteiger partial charge on any atom is 0.326 e. The summed E-state index contributed by atoms with van der Waals surface area (Å²) in [5.74, 6) is -0.974. The highest BCUT2D eigenvalue weighted by molar-refractivity contribution is 6.43. The summed E-state index contributed by atoms with van der Waals surface area (Å²) < 4.78 is 11.3. The Morgan fingerprint density at radius 3 is 2.31 bits per heavy atom. The molecule has 0 saturated heterocycles. The van der Waals surface area contributed by atoms with Gasteiger partial charge in [-0.1, -0.05) is 71.7 Å². The lowest BCUT2D eigenvalue weighted by Gasteiger charge is -2.19. The summed E-state index contributed by atoms with van der Waals surface area (Å²) >= 11 is 13.3. The molecule has 4 N–H and O–H groups in total. The molecule has 0 unspecified atom stereocenters. The predicted molar refractivity (Wildman–Crippen MR) is 186 cm³/mol. The first kappa shape index (κ1) is 32.8. The number of carbonyl (C=O) groups excluding carboxylic acids is 1. The van der Waals surface area contributed by atoms with Gasteiger partial charge in [0, 0.05) is 46.6 Å². The number of hydrogen-bond donors (Lipinski definition) is 4. The van der Waals surface area contributed by atoms with E-state index < -0.39 is 17.9 Å². The molecule has 0 aliphatic carbocycles. The fourth-order valence-electron chi connectivity index (χ4n) is 5.97. The van der Waals surface area contributed by atoms with Gasteiger partial charge in [0.1, 0.15) is 17.5 Å². The maximum absolute atomic E-state index is 13.6. The zero-order valence-electron chi connectivity index (χ0n) is 26.0. The summed E-state index contributed by atoms with van der Waals surface area (Å²) in [5, 5.41) is 24.1. The van der Waals surface area contributed by atoms with Gasteiger partial charge in [-0.3, -0.25) is 9.78 Å². The Balaban J connectivity index is 1.32. The molecule has 0 bridgehead atoms. The van der Waals surface area contributed by atoms with Crippen LogP contribution >= 0.6 is 23.2 Å². The van der Waals surface area contributed by atoms with E-state index in [1.165, 1.54) is 14.2 Å². The van der Waals surface area contributed by atoms with Crippen molar-refractivity contribution >= 4 is 56.9 Å². The monoisotopic (exact) mass is 683 g/mol. The molecule has 1 atom stereocenters. The number of hydrogen-bond acceptors (Lipinski definition) is 6. The molecule has 244 valence electrons. The number of fused-ring (bicyclic) bond motifs is 2. The van der Waals surface area contributed by atoms with Gasteiger partial charge in [0.05, 0.1) is 47.5 Å². The van der Waals surface area contributed by atoms with Crippen LogP contribution in [0.5, 0.6) is 11.5 Å². The van der Waals surface area contributed by atoms with E-state index in [0.717, 1.165) is 11.3 Å². The molecule has 0 radical (unpaired) electrons. The molecule has 9 nitrogen and oxygen atoms in total. The molecule has 0 aliphatic heterocycles. The minimum Gasteiger partial charge on any atom is -0.496 e.